The fourth-order valence-electron chi connectivity index (χ4n) is 2.63. The van der Waals surface area contributed by atoms with Crippen LogP contribution in [0.5, 0.6) is 5.75 Å². The number of carbonyl (C=O) groups excluding carboxylic acids is 2. The van der Waals surface area contributed by atoms with Crippen molar-refractivity contribution in [3.63, 3.8) is 0 Å². The van der Waals surface area contributed by atoms with Crippen LogP contribution in [0.15, 0.2) is 69.8 Å². The van der Waals surface area contributed by atoms with Crippen molar-refractivity contribution in [2.75, 3.05) is 17.2 Å². The maximum absolute atomic E-state index is 12.7. The number of hydrogen-bond acceptors (Lipinski definition) is 5. The number of carbonyl (C=O) groups is 2. The summed E-state index contributed by atoms with van der Waals surface area (Å²) in [7, 11) is 0. The van der Waals surface area contributed by atoms with E-state index in [-0.39, 0.29) is 16.8 Å². The first-order valence-corrected chi connectivity index (χ1v) is 10.7. The van der Waals surface area contributed by atoms with Crippen LogP contribution in [0.4, 0.5) is 11.4 Å². The molecule has 3 rings (SSSR count). The van der Waals surface area contributed by atoms with Gasteiger partial charge in [0.1, 0.15) is 5.75 Å². The van der Waals surface area contributed by atoms with Crippen LogP contribution in [0.1, 0.15) is 34.3 Å². The monoisotopic (exact) mass is 501 g/mol. The van der Waals surface area contributed by atoms with Gasteiger partial charge in [0, 0.05) is 15.8 Å². The summed E-state index contributed by atoms with van der Waals surface area (Å²) in [4.78, 5) is 24.8. The lowest BCUT2D eigenvalue weighted by atomic mass is 10.2. The molecule has 3 N–H and O–H groups in total. The van der Waals surface area contributed by atoms with Crippen molar-refractivity contribution in [1.82, 2.24) is 5.32 Å². The molecule has 160 valence electrons. The van der Waals surface area contributed by atoms with Crippen molar-refractivity contribution in [1.29, 1.82) is 0 Å². The van der Waals surface area contributed by atoms with Crippen molar-refractivity contribution in [2.24, 2.45) is 0 Å². The molecular weight excluding hydrogens is 482 g/mol. The van der Waals surface area contributed by atoms with E-state index in [2.05, 4.69) is 31.9 Å². The standard InChI is InChI=1S/C22H20BrN3O4S/c1-2-10-29-18-9-8-14(23)12-17(18)20(27)26-22(31)25-16-6-3-5-15(13-16)24-21(28)19-7-4-11-30-19/h3-9,11-13H,2,10H2,1H3,(H,24,28)(H2,25,26,27,31). The highest BCUT2D eigenvalue weighted by atomic mass is 79.9. The quantitative estimate of drug-likeness (QED) is 0.384. The lowest BCUT2D eigenvalue weighted by molar-refractivity contribution is 0.0971. The normalized spacial score (nSPS) is 10.3. The molecule has 0 atom stereocenters. The van der Waals surface area contributed by atoms with Gasteiger partial charge in [0.25, 0.3) is 11.8 Å². The van der Waals surface area contributed by atoms with Gasteiger partial charge in [-0.2, -0.15) is 0 Å². The summed E-state index contributed by atoms with van der Waals surface area (Å²) in [5.74, 6) is -0.0799. The molecule has 0 aliphatic heterocycles. The molecule has 2 amide bonds. The molecule has 0 spiro atoms. The zero-order valence-corrected chi connectivity index (χ0v) is 19.0. The molecule has 0 aliphatic carbocycles. The summed E-state index contributed by atoms with van der Waals surface area (Å²) >= 11 is 8.64. The Morgan fingerprint density at radius 1 is 1.03 bits per heavy atom. The van der Waals surface area contributed by atoms with Crippen molar-refractivity contribution in [3.05, 3.63) is 76.7 Å². The van der Waals surface area contributed by atoms with E-state index >= 15 is 0 Å². The van der Waals surface area contributed by atoms with E-state index in [4.69, 9.17) is 21.4 Å². The Kier molecular flexibility index (Phi) is 7.80. The predicted molar refractivity (Wildman–Crippen MR) is 127 cm³/mol. The molecule has 0 unspecified atom stereocenters. The minimum Gasteiger partial charge on any atom is -0.493 e. The predicted octanol–water partition coefficient (Wildman–Crippen LogP) is 5.21. The Morgan fingerprint density at radius 3 is 2.52 bits per heavy atom. The van der Waals surface area contributed by atoms with E-state index in [1.54, 1.807) is 54.6 Å². The summed E-state index contributed by atoms with van der Waals surface area (Å²) < 4.78 is 11.5. The van der Waals surface area contributed by atoms with E-state index in [9.17, 15) is 9.59 Å². The Morgan fingerprint density at radius 2 is 1.81 bits per heavy atom. The first-order chi connectivity index (χ1) is 15.0. The van der Waals surface area contributed by atoms with Crippen LogP contribution in [0.3, 0.4) is 0 Å². The number of nitrogens with one attached hydrogen (secondary N) is 3. The number of hydrogen-bond donors (Lipinski definition) is 3. The highest BCUT2D eigenvalue weighted by Gasteiger charge is 2.15. The third-order valence-electron chi connectivity index (χ3n) is 4.00. The van der Waals surface area contributed by atoms with Crippen molar-refractivity contribution in [2.45, 2.75) is 13.3 Å². The average molecular weight is 502 g/mol. The van der Waals surface area contributed by atoms with Gasteiger partial charge in [-0.25, -0.2) is 0 Å². The van der Waals surface area contributed by atoms with E-state index in [1.165, 1.54) is 6.26 Å². The van der Waals surface area contributed by atoms with Gasteiger partial charge in [-0.05, 0) is 67.2 Å². The highest BCUT2D eigenvalue weighted by molar-refractivity contribution is 9.10. The highest BCUT2D eigenvalue weighted by Crippen LogP contribution is 2.23. The first-order valence-electron chi connectivity index (χ1n) is 9.46. The van der Waals surface area contributed by atoms with Crippen LogP contribution in [0, 0.1) is 0 Å². The molecule has 1 heterocycles. The molecule has 0 fully saturated rings. The van der Waals surface area contributed by atoms with Crippen LogP contribution < -0.4 is 20.7 Å². The van der Waals surface area contributed by atoms with Crippen LogP contribution in [-0.2, 0) is 0 Å². The zero-order chi connectivity index (χ0) is 22.2. The molecular formula is C22H20BrN3O4S. The SMILES string of the molecule is CCCOc1ccc(Br)cc1C(=O)NC(=S)Nc1cccc(NC(=O)c2ccco2)c1. The summed E-state index contributed by atoms with van der Waals surface area (Å²) in [6, 6.07) is 15.3. The molecule has 0 bridgehead atoms. The molecule has 3 aromatic rings. The molecule has 9 heteroatoms. The van der Waals surface area contributed by atoms with Crippen LogP contribution in [0.25, 0.3) is 0 Å². The summed E-state index contributed by atoms with van der Waals surface area (Å²) in [6.45, 7) is 2.49. The topological polar surface area (TPSA) is 92.6 Å². The Bertz CT molecular complexity index is 1090. The average Bonchev–Trinajstić information content (AvgIpc) is 3.28. The van der Waals surface area contributed by atoms with Gasteiger partial charge < -0.3 is 19.8 Å². The Hall–Kier alpha value is -3.17. The maximum Gasteiger partial charge on any atom is 0.291 e. The molecule has 0 saturated carbocycles. The number of ether oxygens (including phenoxy) is 1. The largest absolute Gasteiger partial charge is 0.493 e. The molecule has 2 aromatic carbocycles. The van der Waals surface area contributed by atoms with Crippen molar-refractivity contribution < 1.29 is 18.7 Å². The summed E-state index contributed by atoms with van der Waals surface area (Å²) in [5, 5.41) is 8.43. The van der Waals surface area contributed by atoms with Crippen LogP contribution in [-0.4, -0.2) is 23.5 Å². The van der Waals surface area contributed by atoms with Gasteiger partial charge in [0.15, 0.2) is 10.9 Å². The van der Waals surface area contributed by atoms with Gasteiger partial charge in [0.05, 0.1) is 18.4 Å². The molecule has 0 saturated heterocycles. The lowest BCUT2D eigenvalue weighted by Gasteiger charge is -2.14. The van der Waals surface area contributed by atoms with Crippen LogP contribution in [0.2, 0.25) is 0 Å². The van der Waals surface area contributed by atoms with Crippen LogP contribution >= 0.6 is 28.1 Å². The summed E-state index contributed by atoms with van der Waals surface area (Å²) in [6.07, 6.45) is 2.25. The molecule has 0 radical (unpaired) electrons. The second-order valence-corrected chi connectivity index (χ2v) is 7.73. The van der Waals surface area contributed by atoms with Gasteiger partial charge in [-0.15, -0.1) is 0 Å². The first kappa shape index (κ1) is 22.5. The van der Waals surface area contributed by atoms with Gasteiger partial charge in [-0.1, -0.05) is 28.9 Å². The van der Waals surface area contributed by atoms with E-state index < -0.39 is 5.91 Å². The smallest absolute Gasteiger partial charge is 0.291 e. The molecule has 1 aromatic heterocycles. The minimum absolute atomic E-state index is 0.112. The van der Waals surface area contributed by atoms with Gasteiger partial charge >= 0.3 is 0 Å². The second kappa shape index (κ2) is 10.7. The number of thiocarbonyl (C=S) groups is 1. The fraction of sp³-hybridized carbons (Fsp3) is 0.136. The second-order valence-electron chi connectivity index (χ2n) is 6.41. The number of halogens is 1. The summed E-state index contributed by atoms with van der Waals surface area (Å²) in [5.41, 5.74) is 1.51. The third-order valence-corrected chi connectivity index (χ3v) is 4.70. The van der Waals surface area contributed by atoms with Gasteiger partial charge in [0.2, 0.25) is 0 Å². The minimum atomic E-state index is -0.396. The van der Waals surface area contributed by atoms with Gasteiger partial charge in [-0.3, -0.25) is 14.9 Å². The van der Waals surface area contributed by atoms with Crippen molar-refractivity contribution >= 4 is 56.4 Å². The number of anilines is 2. The van der Waals surface area contributed by atoms with E-state index in [0.717, 1.165) is 10.9 Å². The Balaban J connectivity index is 1.64. The fourth-order valence-corrected chi connectivity index (χ4v) is 3.20. The number of rotatable bonds is 7. The number of furan rings is 1. The maximum atomic E-state index is 12.7. The molecule has 7 nitrogen and oxygen atoms in total. The molecule has 31 heavy (non-hydrogen) atoms. The zero-order valence-electron chi connectivity index (χ0n) is 16.6. The lowest BCUT2D eigenvalue weighted by Crippen LogP contribution is -2.34. The molecule has 0 aliphatic rings. The number of amides is 2. The van der Waals surface area contributed by atoms with E-state index in [1.807, 2.05) is 6.92 Å². The van der Waals surface area contributed by atoms with E-state index in [0.29, 0.717) is 29.3 Å². The van der Waals surface area contributed by atoms with Crippen molar-refractivity contribution in [3.8, 4) is 5.75 Å². The number of benzene rings is 2. The third kappa shape index (κ3) is 6.40. The Labute approximate surface area is 193 Å².